The zero-order valence-corrected chi connectivity index (χ0v) is 17.2. The molecule has 2 aromatic rings. The van der Waals surface area contributed by atoms with E-state index in [4.69, 9.17) is 9.47 Å². The third-order valence-electron chi connectivity index (χ3n) is 5.98. The van der Waals surface area contributed by atoms with Gasteiger partial charge in [0.2, 0.25) is 0 Å². The molecule has 2 fully saturated rings. The summed E-state index contributed by atoms with van der Waals surface area (Å²) in [5.74, 6) is 1.83. The van der Waals surface area contributed by atoms with Crippen molar-refractivity contribution in [2.45, 2.75) is 38.1 Å². The highest BCUT2D eigenvalue weighted by Crippen LogP contribution is 2.28. The Labute approximate surface area is 172 Å². The smallest absolute Gasteiger partial charge is 0.251 e. The maximum Gasteiger partial charge on any atom is 0.251 e. The predicted molar refractivity (Wildman–Crippen MR) is 116 cm³/mol. The van der Waals surface area contributed by atoms with Gasteiger partial charge >= 0.3 is 0 Å². The van der Waals surface area contributed by atoms with E-state index in [1.54, 1.807) is 13.2 Å². The van der Waals surface area contributed by atoms with Crippen LogP contribution in [0.15, 0.2) is 41.2 Å². The average Bonchev–Trinajstić information content (AvgIpc) is 2.99. The summed E-state index contributed by atoms with van der Waals surface area (Å²) in [4.78, 5) is 20.2. The van der Waals surface area contributed by atoms with Gasteiger partial charge in [-0.3, -0.25) is 4.79 Å². The summed E-state index contributed by atoms with van der Waals surface area (Å²) in [7, 11) is 1.71. The van der Waals surface area contributed by atoms with E-state index in [0.717, 1.165) is 56.2 Å². The molecule has 0 unspecified atom stereocenters. The van der Waals surface area contributed by atoms with Gasteiger partial charge in [-0.2, -0.15) is 0 Å². The molecule has 0 bridgehead atoms. The number of morpholine rings is 1. The molecule has 2 saturated heterocycles. The van der Waals surface area contributed by atoms with Crippen molar-refractivity contribution in [3.05, 3.63) is 52.3 Å². The van der Waals surface area contributed by atoms with Crippen molar-refractivity contribution in [1.29, 1.82) is 0 Å². The Morgan fingerprint density at radius 3 is 2.79 bits per heavy atom. The molecule has 1 aromatic carbocycles. The Morgan fingerprint density at radius 1 is 1.10 bits per heavy atom. The van der Waals surface area contributed by atoms with Gasteiger partial charge in [0.15, 0.2) is 0 Å². The zero-order chi connectivity index (χ0) is 20.1. The predicted octanol–water partition coefficient (Wildman–Crippen LogP) is 3.21. The van der Waals surface area contributed by atoms with Gasteiger partial charge in [-0.05, 0) is 37.0 Å². The van der Waals surface area contributed by atoms with E-state index in [2.05, 4.69) is 39.0 Å². The molecule has 0 radical (unpaired) electrons. The first-order chi connectivity index (χ1) is 14.2. The van der Waals surface area contributed by atoms with Gasteiger partial charge in [0, 0.05) is 43.5 Å². The Kier molecular flexibility index (Phi) is 6.39. The SMILES string of the molecule is COc1cccc(C[C@@H]2CCCCCN2c2cc(N3CCOCC3)cc(=O)[nH]2)c1. The summed E-state index contributed by atoms with van der Waals surface area (Å²) < 4.78 is 10.9. The molecule has 6 heteroatoms. The molecule has 2 aliphatic rings. The summed E-state index contributed by atoms with van der Waals surface area (Å²) in [5.41, 5.74) is 2.23. The number of aromatic nitrogens is 1. The van der Waals surface area contributed by atoms with E-state index in [1.165, 1.54) is 18.4 Å². The van der Waals surface area contributed by atoms with Crippen LogP contribution >= 0.6 is 0 Å². The molecule has 2 aliphatic heterocycles. The number of ether oxygens (including phenoxy) is 2. The van der Waals surface area contributed by atoms with Crippen molar-refractivity contribution in [2.75, 3.05) is 49.8 Å². The molecule has 0 amide bonds. The summed E-state index contributed by atoms with van der Waals surface area (Å²) in [6.45, 7) is 4.05. The van der Waals surface area contributed by atoms with Gasteiger partial charge in [0.25, 0.3) is 5.56 Å². The molecule has 1 atom stereocenters. The lowest BCUT2D eigenvalue weighted by molar-refractivity contribution is 0.122. The van der Waals surface area contributed by atoms with Crippen LogP contribution in [-0.4, -0.2) is 51.0 Å². The third kappa shape index (κ3) is 4.93. The molecule has 0 aliphatic carbocycles. The topological polar surface area (TPSA) is 57.8 Å². The van der Waals surface area contributed by atoms with Crippen LogP contribution in [0.2, 0.25) is 0 Å². The number of hydrogen-bond acceptors (Lipinski definition) is 5. The highest BCUT2D eigenvalue weighted by atomic mass is 16.5. The fraction of sp³-hybridized carbons (Fsp3) is 0.522. The first kappa shape index (κ1) is 19.8. The maximum absolute atomic E-state index is 12.5. The highest BCUT2D eigenvalue weighted by molar-refractivity contribution is 5.56. The van der Waals surface area contributed by atoms with Crippen molar-refractivity contribution >= 4 is 11.5 Å². The molecule has 29 heavy (non-hydrogen) atoms. The second-order valence-electron chi connectivity index (χ2n) is 7.94. The van der Waals surface area contributed by atoms with Gasteiger partial charge in [-0.15, -0.1) is 0 Å². The maximum atomic E-state index is 12.5. The number of nitrogens with zero attached hydrogens (tertiary/aromatic N) is 2. The first-order valence-corrected chi connectivity index (χ1v) is 10.7. The summed E-state index contributed by atoms with van der Waals surface area (Å²) >= 11 is 0. The summed E-state index contributed by atoms with van der Waals surface area (Å²) in [5, 5.41) is 0. The molecule has 1 aromatic heterocycles. The number of methoxy groups -OCH3 is 1. The Bertz CT molecular complexity index is 860. The number of pyridine rings is 1. The van der Waals surface area contributed by atoms with Crippen molar-refractivity contribution in [1.82, 2.24) is 4.98 Å². The molecule has 4 rings (SSSR count). The van der Waals surface area contributed by atoms with E-state index in [1.807, 2.05) is 6.07 Å². The lowest BCUT2D eigenvalue weighted by atomic mass is 10.0. The van der Waals surface area contributed by atoms with E-state index < -0.39 is 0 Å². The Hall–Kier alpha value is -2.47. The number of H-pyrrole nitrogens is 1. The molecule has 156 valence electrons. The minimum atomic E-state index is -0.0339. The zero-order valence-electron chi connectivity index (χ0n) is 17.2. The fourth-order valence-electron chi connectivity index (χ4n) is 4.45. The highest BCUT2D eigenvalue weighted by Gasteiger charge is 2.24. The summed E-state index contributed by atoms with van der Waals surface area (Å²) in [6, 6.07) is 12.5. The first-order valence-electron chi connectivity index (χ1n) is 10.7. The van der Waals surface area contributed by atoms with Crippen molar-refractivity contribution in [3.63, 3.8) is 0 Å². The second kappa shape index (κ2) is 9.35. The quantitative estimate of drug-likeness (QED) is 0.840. The Morgan fingerprint density at radius 2 is 1.97 bits per heavy atom. The minimum Gasteiger partial charge on any atom is -0.497 e. The number of nitrogens with one attached hydrogen (secondary N) is 1. The van der Waals surface area contributed by atoms with Crippen LogP contribution in [0, 0.1) is 0 Å². The molecular formula is C23H31N3O3. The van der Waals surface area contributed by atoms with Gasteiger partial charge < -0.3 is 24.3 Å². The normalized spacial score (nSPS) is 20.4. The third-order valence-corrected chi connectivity index (χ3v) is 5.98. The lowest BCUT2D eigenvalue weighted by Crippen LogP contribution is -2.39. The number of rotatable bonds is 5. The van der Waals surface area contributed by atoms with Crippen LogP contribution in [0.25, 0.3) is 0 Å². The van der Waals surface area contributed by atoms with Crippen LogP contribution in [0.5, 0.6) is 5.75 Å². The largest absolute Gasteiger partial charge is 0.497 e. The van der Waals surface area contributed by atoms with E-state index in [0.29, 0.717) is 19.3 Å². The molecule has 0 spiro atoms. The van der Waals surface area contributed by atoms with Gasteiger partial charge in [0.1, 0.15) is 11.6 Å². The number of anilines is 2. The van der Waals surface area contributed by atoms with E-state index in [9.17, 15) is 4.79 Å². The van der Waals surface area contributed by atoms with Crippen LogP contribution in [-0.2, 0) is 11.2 Å². The van der Waals surface area contributed by atoms with E-state index in [-0.39, 0.29) is 5.56 Å². The average molecular weight is 398 g/mol. The standard InChI is InChI=1S/C23H31N3O3/c1-28-21-8-5-6-18(15-21)14-19-7-3-2-4-9-26(19)22-16-20(17-23(27)24-22)25-10-12-29-13-11-25/h5-6,8,15-17,19H,2-4,7,9-14H2,1H3,(H,24,27)/t19-/m0/s1. The van der Waals surface area contributed by atoms with Crippen LogP contribution in [0.4, 0.5) is 11.5 Å². The molecular weight excluding hydrogens is 366 g/mol. The lowest BCUT2D eigenvalue weighted by Gasteiger charge is -2.34. The monoisotopic (exact) mass is 397 g/mol. The molecule has 6 nitrogen and oxygen atoms in total. The summed E-state index contributed by atoms with van der Waals surface area (Å²) in [6.07, 6.45) is 5.68. The van der Waals surface area contributed by atoms with E-state index >= 15 is 0 Å². The number of hydrogen-bond donors (Lipinski definition) is 1. The van der Waals surface area contributed by atoms with Crippen LogP contribution in [0.3, 0.4) is 0 Å². The van der Waals surface area contributed by atoms with Crippen molar-refractivity contribution < 1.29 is 9.47 Å². The molecule has 3 heterocycles. The number of aromatic amines is 1. The van der Waals surface area contributed by atoms with Gasteiger partial charge in [-0.25, -0.2) is 0 Å². The molecule has 0 saturated carbocycles. The molecule has 1 N–H and O–H groups in total. The van der Waals surface area contributed by atoms with Crippen LogP contribution in [0.1, 0.15) is 31.2 Å². The fourth-order valence-corrected chi connectivity index (χ4v) is 4.45. The van der Waals surface area contributed by atoms with Gasteiger partial charge in [-0.1, -0.05) is 25.0 Å². The van der Waals surface area contributed by atoms with Gasteiger partial charge in [0.05, 0.1) is 20.3 Å². The van der Waals surface area contributed by atoms with Crippen LogP contribution < -0.4 is 20.1 Å². The minimum absolute atomic E-state index is 0.0339. The Balaban J connectivity index is 1.61. The van der Waals surface area contributed by atoms with Crippen molar-refractivity contribution in [3.8, 4) is 5.75 Å². The second-order valence-corrected chi connectivity index (χ2v) is 7.94. The van der Waals surface area contributed by atoms with Crippen molar-refractivity contribution in [2.24, 2.45) is 0 Å². The number of benzene rings is 1.